The van der Waals surface area contributed by atoms with Crippen LogP contribution < -0.4 is 4.72 Å². The molecule has 0 bridgehead atoms. The first-order valence-corrected chi connectivity index (χ1v) is 7.42. The zero-order valence-corrected chi connectivity index (χ0v) is 11.6. The molecule has 4 nitrogen and oxygen atoms in total. The molecule has 0 aromatic heterocycles. The van der Waals surface area contributed by atoms with Crippen LogP contribution in [0.3, 0.4) is 0 Å². The monoisotopic (exact) mass is 325 g/mol. The molecule has 0 radical (unpaired) electrons. The molecule has 0 saturated heterocycles. The molecule has 0 fully saturated rings. The number of sulfonamides is 1. The summed E-state index contributed by atoms with van der Waals surface area (Å²) in [5.74, 6) is -0.673. The van der Waals surface area contributed by atoms with Crippen molar-refractivity contribution >= 4 is 31.6 Å². The molecule has 17 heavy (non-hydrogen) atoms. The third kappa shape index (κ3) is 5.01. The summed E-state index contributed by atoms with van der Waals surface area (Å²) in [5, 5.41) is 0. The van der Waals surface area contributed by atoms with Gasteiger partial charge in [-0.2, -0.15) is 0 Å². The van der Waals surface area contributed by atoms with Gasteiger partial charge >= 0.3 is 0 Å². The van der Waals surface area contributed by atoms with Crippen LogP contribution in [0.5, 0.6) is 0 Å². The van der Waals surface area contributed by atoms with Gasteiger partial charge in [-0.1, -0.05) is 0 Å². The second kappa shape index (κ2) is 6.32. The number of hydrogen-bond acceptors (Lipinski definition) is 3. The Bertz CT molecular complexity index is 478. The summed E-state index contributed by atoms with van der Waals surface area (Å²) in [6.07, 6.45) is 0. The van der Waals surface area contributed by atoms with Gasteiger partial charge in [-0.15, -0.1) is 0 Å². The van der Waals surface area contributed by atoms with Crippen LogP contribution >= 0.6 is 15.9 Å². The van der Waals surface area contributed by atoms with E-state index >= 15 is 0 Å². The van der Waals surface area contributed by atoms with Crippen molar-refractivity contribution < 1.29 is 17.5 Å². The summed E-state index contributed by atoms with van der Waals surface area (Å²) in [7, 11) is -3.49. The van der Waals surface area contributed by atoms with E-state index < -0.39 is 15.8 Å². The van der Waals surface area contributed by atoms with Gasteiger partial charge < -0.3 is 4.74 Å². The Hall–Kier alpha value is -0.660. The number of benzene rings is 1. The van der Waals surface area contributed by atoms with E-state index in [0.717, 1.165) is 6.07 Å². The van der Waals surface area contributed by atoms with Crippen molar-refractivity contribution in [3.8, 4) is 0 Å². The molecule has 0 saturated carbocycles. The van der Waals surface area contributed by atoms with Crippen molar-refractivity contribution in [2.24, 2.45) is 0 Å². The summed E-state index contributed by atoms with van der Waals surface area (Å²) in [4.78, 5) is 0. The molecule has 1 N–H and O–H groups in total. The normalized spacial score (nSPS) is 11.5. The van der Waals surface area contributed by atoms with Crippen molar-refractivity contribution in [2.75, 3.05) is 23.7 Å². The molecule has 0 aliphatic rings. The lowest BCUT2D eigenvalue weighted by Crippen LogP contribution is -2.20. The van der Waals surface area contributed by atoms with E-state index in [-0.39, 0.29) is 22.5 Å². The second-order valence-corrected chi connectivity index (χ2v) is 5.94. The first kappa shape index (κ1) is 14.4. The maximum absolute atomic E-state index is 13.2. The summed E-state index contributed by atoms with van der Waals surface area (Å²) in [6, 6.07) is 4.03. The Morgan fingerprint density at radius 1 is 1.47 bits per heavy atom. The van der Waals surface area contributed by atoms with Crippen molar-refractivity contribution in [3.05, 3.63) is 28.5 Å². The molecule has 0 aliphatic carbocycles. The molecule has 0 spiro atoms. The Morgan fingerprint density at radius 3 is 2.76 bits per heavy atom. The summed E-state index contributed by atoms with van der Waals surface area (Å²) >= 11 is 2.99. The van der Waals surface area contributed by atoms with Gasteiger partial charge in [0.1, 0.15) is 5.82 Å². The molecular weight excluding hydrogens is 313 g/mol. The van der Waals surface area contributed by atoms with Crippen LogP contribution in [0.1, 0.15) is 6.92 Å². The number of ether oxygens (including phenoxy) is 1. The van der Waals surface area contributed by atoms with E-state index in [1.54, 1.807) is 6.92 Å². The minimum Gasteiger partial charge on any atom is -0.381 e. The molecule has 0 heterocycles. The first-order chi connectivity index (χ1) is 7.94. The second-order valence-electron chi connectivity index (χ2n) is 3.25. The molecule has 0 unspecified atom stereocenters. The van der Waals surface area contributed by atoms with Crippen molar-refractivity contribution in [1.29, 1.82) is 0 Å². The lowest BCUT2D eigenvalue weighted by molar-refractivity contribution is 0.163. The van der Waals surface area contributed by atoms with Gasteiger partial charge in [0.05, 0.1) is 22.5 Å². The maximum atomic E-state index is 13.2. The van der Waals surface area contributed by atoms with Gasteiger partial charge in [0, 0.05) is 6.61 Å². The third-order valence-electron chi connectivity index (χ3n) is 1.89. The van der Waals surface area contributed by atoms with Crippen LogP contribution in [-0.2, 0) is 14.8 Å². The van der Waals surface area contributed by atoms with Gasteiger partial charge in [-0.05, 0) is 41.1 Å². The van der Waals surface area contributed by atoms with Gasteiger partial charge in [-0.3, -0.25) is 4.72 Å². The summed E-state index contributed by atoms with van der Waals surface area (Å²) < 4.78 is 43.8. The number of nitrogens with one attached hydrogen (secondary N) is 1. The number of rotatable bonds is 6. The highest BCUT2D eigenvalue weighted by molar-refractivity contribution is 9.10. The standard InChI is InChI=1S/C10H13BrFNO3S/c1-2-16-5-6-17(14,15)13-8-3-4-9(11)10(12)7-8/h3-4,7,13H,2,5-6H2,1H3. The highest BCUT2D eigenvalue weighted by atomic mass is 79.9. The van der Waals surface area contributed by atoms with E-state index in [9.17, 15) is 12.8 Å². The molecular formula is C10H13BrFNO3S. The van der Waals surface area contributed by atoms with Crippen LogP contribution in [0.4, 0.5) is 10.1 Å². The third-order valence-corrected chi connectivity index (χ3v) is 3.79. The Morgan fingerprint density at radius 2 is 2.18 bits per heavy atom. The van der Waals surface area contributed by atoms with Gasteiger partial charge in [0.15, 0.2) is 0 Å². The number of hydrogen-bond donors (Lipinski definition) is 1. The highest BCUT2D eigenvalue weighted by Crippen LogP contribution is 2.20. The molecule has 96 valence electrons. The SMILES string of the molecule is CCOCCS(=O)(=O)Nc1ccc(Br)c(F)c1. The fourth-order valence-corrected chi connectivity index (χ4v) is 2.28. The van der Waals surface area contributed by atoms with Gasteiger partial charge in [-0.25, -0.2) is 12.8 Å². The van der Waals surface area contributed by atoms with E-state index in [1.807, 2.05) is 0 Å². The molecule has 1 rings (SSSR count). The molecule has 1 aromatic carbocycles. The van der Waals surface area contributed by atoms with Crippen molar-refractivity contribution in [2.45, 2.75) is 6.92 Å². The largest absolute Gasteiger partial charge is 0.381 e. The van der Waals surface area contributed by atoms with Crippen molar-refractivity contribution in [3.63, 3.8) is 0 Å². The molecule has 1 aromatic rings. The number of halogens is 2. The van der Waals surface area contributed by atoms with E-state index in [2.05, 4.69) is 20.7 Å². The molecule has 0 aliphatic heterocycles. The van der Waals surface area contributed by atoms with Crippen LogP contribution in [0.2, 0.25) is 0 Å². The maximum Gasteiger partial charge on any atom is 0.235 e. The summed E-state index contributed by atoms with van der Waals surface area (Å²) in [5.41, 5.74) is 0.196. The Kier molecular flexibility index (Phi) is 5.35. The predicted molar refractivity (Wildman–Crippen MR) is 68.0 cm³/mol. The fraction of sp³-hybridized carbons (Fsp3) is 0.400. The first-order valence-electron chi connectivity index (χ1n) is 4.98. The average molecular weight is 326 g/mol. The zero-order valence-electron chi connectivity index (χ0n) is 9.24. The molecule has 0 amide bonds. The minimum atomic E-state index is -3.49. The molecule has 7 heteroatoms. The minimum absolute atomic E-state index is 0.116. The van der Waals surface area contributed by atoms with Crippen LogP contribution in [0, 0.1) is 5.82 Å². The van der Waals surface area contributed by atoms with Crippen LogP contribution in [-0.4, -0.2) is 27.4 Å². The van der Waals surface area contributed by atoms with Crippen LogP contribution in [0.25, 0.3) is 0 Å². The fourth-order valence-electron chi connectivity index (χ4n) is 1.10. The van der Waals surface area contributed by atoms with E-state index in [0.29, 0.717) is 6.61 Å². The van der Waals surface area contributed by atoms with Crippen LogP contribution in [0.15, 0.2) is 22.7 Å². The smallest absolute Gasteiger partial charge is 0.235 e. The lowest BCUT2D eigenvalue weighted by atomic mass is 10.3. The van der Waals surface area contributed by atoms with Crippen molar-refractivity contribution in [1.82, 2.24) is 0 Å². The lowest BCUT2D eigenvalue weighted by Gasteiger charge is -2.08. The highest BCUT2D eigenvalue weighted by Gasteiger charge is 2.11. The average Bonchev–Trinajstić information content (AvgIpc) is 2.23. The molecule has 0 atom stereocenters. The van der Waals surface area contributed by atoms with Gasteiger partial charge in [0.25, 0.3) is 0 Å². The zero-order chi connectivity index (χ0) is 12.9. The number of anilines is 1. The predicted octanol–water partition coefficient (Wildman–Crippen LogP) is 2.37. The quantitative estimate of drug-likeness (QED) is 0.817. The van der Waals surface area contributed by atoms with E-state index in [4.69, 9.17) is 4.74 Å². The van der Waals surface area contributed by atoms with E-state index in [1.165, 1.54) is 12.1 Å². The van der Waals surface area contributed by atoms with Gasteiger partial charge in [0.2, 0.25) is 10.0 Å². The summed E-state index contributed by atoms with van der Waals surface area (Å²) in [6.45, 7) is 2.36. The Labute approximate surface area is 108 Å². The Balaban J connectivity index is 2.66. The topological polar surface area (TPSA) is 55.4 Å².